The van der Waals surface area contributed by atoms with Gasteiger partial charge in [0.15, 0.2) is 0 Å². The highest BCUT2D eigenvalue weighted by atomic mass is 32.2. The summed E-state index contributed by atoms with van der Waals surface area (Å²) in [4.78, 5) is 9.12. The van der Waals surface area contributed by atoms with E-state index in [-0.39, 0.29) is 12.6 Å². The highest BCUT2D eigenvalue weighted by molar-refractivity contribution is 7.77. The molecule has 3 heterocycles. The van der Waals surface area contributed by atoms with Gasteiger partial charge in [0.1, 0.15) is 0 Å². The lowest BCUT2D eigenvalue weighted by Crippen LogP contribution is -2.48. The third kappa shape index (κ3) is 6.14. The van der Waals surface area contributed by atoms with Gasteiger partial charge in [-0.05, 0) is 48.9 Å². The molecule has 2 atom stereocenters. The molecule has 1 unspecified atom stereocenters. The van der Waals surface area contributed by atoms with Crippen molar-refractivity contribution in [3.63, 3.8) is 0 Å². The average molecular weight is 522 g/mol. The lowest BCUT2D eigenvalue weighted by molar-refractivity contribution is 0.123. The number of nitrogens with zero attached hydrogens (tertiary/aromatic N) is 5. The molecule has 4 aromatic rings. The van der Waals surface area contributed by atoms with Crippen LogP contribution in [0.4, 0.5) is 17.3 Å². The van der Waals surface area contributed by atoms with E-state index in [1.54, 1.807) is 6.20 Å². The molecular weight excluding hydrogens is 490 g/mol. The van der Waals surface area contributed by atoms with Gasteiger partial charge in [-0.2, -0.15) is 0 Å². The number of hydrogen-bond acceptors (Lipinski definition) is 7. The number of rotatable bonds is 9. The van der Waals surface area contributed by atoms with E-state index in [2.05, 4.69) is 37.0 Å². The molecule has 2 aromatic heterocycles. The highest BCUT2D eigenvalue weighted by Crippen LogP contribution is 2.27. The van der Waals surface area contributed by atoms with Crippen molar-refractivity contribution in [2.24, 2.45) is 0 Å². The van der Waals surface area contributed by atoms with Gasteiger partial charge in [-0.15, -0.1) is 5.10 Å². The van der Waals surface area contributed by atoms with Crippen LogP contribution in [0.3, 0.4) is 0 Å². The van der Waals surface area contributed by atoms with Crippen molar-refractivity contribution < 1.29 is 13.9 Å². The van der Waals surface area contributed by atoms with Crippen LogP contribution in [0, 0.1) is 0 Å². The number of benzene rings is 2. The number of fused-ring (bicyclic) bond motifs is 1. The van der Waals surface area contributed by atoms with Crippen molar-refractivity contribution in [2.45, 2.75) is 19.6 Å². The van der Waals surface area contributed by atoms with E-state index in [1.807, 2.05) is 60.0 Å². The first-order valence-corrected chi connectivity index (χ1v) is 13.4. The van der Waals surface area contributed by atoms with Gasteiger partial charge >= 0.3 is 0 Å². The number of piperazine rings is 1. The third-order valence-corrected chi connectivity index (χ3v) is 6.85. The van der Waals surface area contributed by atoms with Gasteiger partial charge < -0.3 is 15.3 Å². The Hall–Kier alpha value is -3.35. The van der Waals surface area contributed by atoms with E-state index in [0.29, 0.717) is 5.95 Å². The minimum Gasteiger partial charge on any atom is -0.392 e. The Morgan fingerprint density at radius 1 is 1.03 bits per heavy atom. The second kappa shape index (κ2) is 11.4. The first-order valence-electron chi connectivity index (χ1n) is 12.3. The van der Waals surface area contributed by atoms with Crippen molar-refractivity contribution in [2.75, 3.05) is 42.9 Å². The maximum absolute atomic E-state index is 11.1. The number of aliphatic hydroxyl groups excluding tert-OH is 1. The Bertz CT molecular complexity index is 1370. The number of anilines is 3. The van der Waals surface area contributed by atoms with E-state index in [4.69, 9.17) is 9.65 Å². The van der Waals surface area contributed by atoms with Crippen molar-refractivity contribution >= 4 is 34.1 Å². The topological polar surface area (TPSA) is 118 Å². The van der Waals surface area contributed by atoms with Crippen LogP contribution < -0.4 is 14.9 Å². The molecule has 0 amide bonds. The molecule has 0 saturated carbocycles. The largest absolute Gasteiger partial charge is 0.392 e. The first-order chi connectivity index (χ1) is 18.0. The Balaban J connectivity index is 1.30. The number of hydrogen-bond donors (Lipinski definition) is 4. The molecule has 2 aromatic carbocycles. The predicted octanol–water partition coefficient (Wildman–Crippen LogP) is 2.87. The lowest BCUT2D eigenvalue weighted by Gasteiger charge is -2.36. The zero-order chi connectivity index (χ0) is 25.8. The fourth-order valence-electron chi connectivity index (χ4n) is 4.67. The fourth-order valence-corrected chi connectivity index (χ4v) is 4.95. The Labute approximate surface area is 218 Å². The third-order valence-electron chi connectivity index (χ3n) is 6.46. The molecule has 0 spiro atoms. The van der Waals surface area contributed by atoms with Gasteiger partial charge in [-0.3, -0.25) is 9.45 Å². The quantitative estimate of drug-likeness (QED) is 0.248. The van der Waals surface area contributed by atoms with Gasteiger partial charge in [-0.25, -0.2) is 18.4 Å². The summed E-state index contributed by atoms with van der Waals surface area (Å²) in [6.07, 6.45) is 1.47. The highest BCUT2D eigenvalue weighted by Gasteiger charge is 2.18. The summed E-state index contributed by atoms with van der Waals surface area (Å²) in [5.74, 6) is 0.469. The number of aliphatic hydroxyl groups is 1. The Morgan fingerprint density at radius 3 is 2.51 bits per heavy atom. The molecule has 1 saturated heterocycles. The van der Waals surface area contributed by atoms with Gasteiger partial charge in [0.25, 0.3) is 0 Å². The van der Waals surface area contributed by atoms with Gasteiger partial charge in [0.2, 0.25) is 17.2 Å². The molecule has 5 rings (SSSR count). The molecule has 1 aliphatic heterocycles. The SMILES string of the molecule is C[C@H](O)CN1CCN(c2ccc(Nc3ncc4ccc(-c5ccccc5CNS(=O)O)n4n3)cc2)CC1. The number of aromatic nitrogens is 3. The van der Waals surface area contributed by atoms with Crippen LogP contribution in [-0.2, 0) is 17.8 Å². The lowest BCUT2D eigenvalue weighted by atomic mass is 10.1. The van der Waals surface area contributed by atoms with E-state index in [1.165, 1.54) is 5.69 Å². The van der Waals surface area contributed by atoms with Crippen LogP contribution in [0.15, 0.2) is 66.9 Å². The van der Waals surface area contributed by atoms with Crippen molar-refractivity contribution in [1.82, 2.24) is 24.2 Å². The molecule has 1 fully saturated rings. The van der Waals surface area contributed by atoms with Crippen LogP contribution in [0.25, 0.3) is 16.8 Å². The molecule has 37 heavy (non-hydrogen) atoms. The second-order valence-corrected chi connectivity index (χ2v) is 9.96. The van der Waals surface area contributed by atoms with Gasteiger partial charge in [-0.1, -0.05) is 24.3 Å². The first kappa shape index (κ1) is 25.3. The molecular formula is C26H31N7O3S. The average Bonchev–Trinajstić information content (AvgIpc) is 3.31. The number of nitrogens with one attached hydrogen (secondary N) is 2. The predicted molar refractivity (Wildman–Crippen MR) is 146 cm³/mol. The molecule has 194 valence electrons. The molecule has 1 aliphatic rings. The van der Waals surface area contributed by atoms with E-state index in [9.17, 15) is 9.32 Å². The molecule has 11 heteroatoms. The van der Waals surface area contributed by atoms with E-state index < -0.39 is 11.3 Å². The Morgan fingerprint density at radius 2 is 1.78 bits per heavy atom. The van der Waals surface area contributed by atoms with E-state index >= 15 is 0 Å². The summed E-state index contributed by atoms with van der Waals surface area (Å²) >= 11 is -2.09. The van der Waals surface area contributed by atoms with Gasteiger partial charge in [0, 0.05) is 56.2 Å². The van der Waals surface area contributed by atoms with Crippen LogP contribution >= 0.6 is 0 Å². The second-order valence-electron chi connectivity index (χ2n) is 9.17. The zero-order valence-electron chi connectivity index (χ0n) is 20.6. The smallest absolute Gasteiger partial charge is 0.245 e. The summed E-state index contributed by atoms with van der Waals surface area (Å²) in [6.45, 7) is 6.54. The van der Waals surface area contributed by atoms with Crippen molar-refractivity contribution in [3.05, 3.63) is 72.4 Å². The van der Waals surface area contributed by atoms with E-state index in [0.717, 1.165) is 60.7 Å². The summed E-state index contributed by atoms with van der Waals surface area (Å²) < 4.78 is 24.6. The summed E-state index contributed by atoms with van der Waals surface area (Å²) in [5.41, 5.74) is 5.58. The normalized spacial score (nSPS) is 16.1. The summed E-state index contributed by atoms with van der Waals surface area (Å²) in [7, 11) is 0. The van der Waals surface area contributed by atoms with Crippen molar-refractivity contribution in [1.29, 1.82) is 0 Å². The summed E-state index contributed by atoms with van der Waals surface area (Å²) in [6, 6.07) is 19.9. The van der Waals surface area contributed by atoms with Crippen LogP contribution in [0.2, 0.25) is 0 Å². The zero-order valence-corrected chi connectivity index (χ0v) is 21.4. The molecule has 0 aliphatic carbocycles. The van der Waals surface area contributed by atoms with Gasteiger partial charge in [0.05, 0.1) is 23.5 Å². The van der Waals surface area contributed by atoms with Crippen LogP contribution in [-0.4, -0.2) is 72.2 Å². The Kier molecular flexibility index (Phi) is 7.77. The molecule has 0 bridgehead atoms. The number of β-amino-alcohol motifs (C(OH)–C–C–N with tert-alkyl or cyclic N) is 1. The summed E-state index contributed by atoms with van der Waals surface area (Å²) in [5, 5.41) is 17.6. The van der Waals surface area contributed by atoms with Crippen LogP contribution in [0.1, 0.15) is 12.5 Å². The maximum Gasteiger partial charge on any atom is 0.245 e. The fraction of sp³-hybridized carbons (Fsp3) is 0.308. The molecule has 0 radical (unpaired) electrons. The minimum atomic E-state index is -2.09. The maximum atomic E-state index is 11.1. The molecule has 4 N–H and O–H groups in total. The van der Waals surface area contributed by atoms with Crippen molar-refractivity contribution in [3.8, 4) is 11.3 Å². The monoisotopic (exact) mass is 521 g/mol. The standard InChI is InChI=1S/C26H31N7O3S/c1-19(34)18-31-12-14-32(15-13-31)22-8-6-21(7-9-22)29-26-27-17-23-10-11-25(33(23)30-26)24-5-3-2-4-20(24)16-28-37(35)36/h2-11,17,19,28,34H,12-16,18H2,1H3,(H,29,30)(H,35,36)/t19-/m0/s1. The van der Waals surface area contributed by atoms with Crippen LogP contribution in [0.5, 0.6) is 0 Å². The minimum absolute atomic E-state index is 0.255. The molecule has 10 nitrogen and oxygen atoms in total.